The first-order chi connectivity index (χ1) is 9.61. The van der Waals surface area contributed by atoms with Crippen molar-refractivity contribution in [3.05, 3.63) is 48.1 Å². The van der Waals surface area contributed by atoms with Crippen LogP contribution in [0.4, 0.5) is 5.82 Å². The average molecular weight is 271 g/mol. The summed E-state index contributed by atoms with van der Waals surface area (Å²) in [5, 5.41) is 6.15. The van der Waals surface area contributed by atoms with Crippen molar-refractivity contribution < 1.29 is 0 Å². The first-order valence-corrected chi connectivity index (χ1v) is 6.79. The highest BCUT2D eigenvalue weighted by Crippen LogP contribution is 2.21. The maximum Gasteiger partial charge on any atom is 0.154 e. The molecule has 0 fully saturated rings. The molecule has 5 nitrogen and oxygen atoms in total. The Hall–Kier alpha value is -2.14. The smallest absolute Gasteiger partial charge is 0.154 e. The minimum absolute atomic E-state index is 0.0492. The van der Waals surface area contributed by atoms with Gasteiger partial charge in [-0.25, -0.2) is 9.98 Å². The third-order valence-electron chi connectivity index (χ3n) is 3.22. The highest BCUT2D eigenvalue weighted by atomic mass is 15.1. The highest BCUT2D eigenvalue weighted by molar-refractivity contribution is 6.07. The van der Waals surface area contributed by atoms with Crippen LogP contribution in [0.25, 0.3) is 0 Å². The van der Waals surface area contributed by atoms with Gasteiger partial charge in [-0.15, -0.1) is 0 Å². The van der Waals surface area contributed by atoms with Crippen molar-refractivity contribution in [2.24, 2.45) is 10.7 Å². The van der Waals surface area contributed by atoms with E-state index in [9.17, 15) is 0 Å². The van der Waals surface area contributed by atoms with Gasteiger partial charge in [0.25, 0.3) is 0 Å². The van der Waals surface area contributed by atoms with Crippen LogP contribution in [-0.2, 0) is 0 Å². The van der Waals surface area contributed by atoms with Crippen molar-refractivity contribution >= 4 is 11.7 Å². The van der Waals surface area contributed by atoms with E-state index in [0.29, 0.717) is 5.84 Å². The number of nitrogens with zero attached hydrogens (tertiary/aromatic N) is 2. The van der Waals surface area contributed by atoms with Gasteiger partial charge in [0.1, 0.15) is 5.82 Å². The molecule has 0 aromatic carbocycles. The summed E-state index contributed by atoms with van der Waals surface area (Å²) in [7, 11) is 0. The molecule has 1 atom stereocenters. The number of amidine groups is 1. The van der Waals surface area contributed by atoms with E-state index in [1.165, 1.54) is 0 Å². The lowest BCUT2D eigenvalue weighted by atomic mass is 10.0. The Bertz CT molecular complexity index is 559. The number of hydrogen-bond acceptors (Lipinski definition) is 5. The Morgan fingerprint density at radius 1 is 1.50 bits per heavy atom. The summed E-state index contributed by atoms with van der Waals surface area (Å²) >= 11 is 0. The summed E-state index contributed by atoms with van der Waals surface area (Å²) in [6, 6.07) is 2.03. The molecule has 0 amide bonds. The second-order valence-corrected chi connectivity index (χ2v) is 4.86. The number of aromatic nitrogens is 1. The molecule has 2 rings (SSSR count). The molecule has 1 aliphatic rings. The van der Waals surface area contributed by atoms with Crippen LogP contribution in [0.2, 0.25) is 0 Å². The zero-order chi connectivity index (χ0) is 14.5. The molecule has 0 saturated carbocycles. The molecule has 2 heterocycles. The lowest BCUT2D eigenvalue weighted by Crippen LogP contribution is -2.24. The van der Waals surface area contributed by atoms with Gasteiger partial charge >= 0.3 is 0 Å². The SMILES string of the molecule is C=C1NC=CN=C1Nc1cc(C)c(C(N)CCC)cn1. The topological polar surface area (TPSA) is 75.3 Å². The van der Waals surface area contributed by atoms with E-state index < -0.39 is 0 Å². The molecular weight excluding hydrogens is 250 g/mol. The van der Waals surface area contributed by atoms with Gasteiger partial charge in [0.2, 0.25) is 0 Å². The van der Waals surface area contributed by atoms with Gasteiger partial charge in [0, 0.05) is 24.6 Å². The maximum absolute atomic E-state index is 6.15. The van der Waals surface area contributed by atoms with Gasteiger partial charge in [0.05, 0.1) is 5.70 Å². The summed E-state index contributed by atoms with van der Waals surface area (Å²) in [5.74, 6) is 1.41. The second-order valence-electron chi connectivity index (χ2n) is 4.86. The summed E-state index contributed by atoms with van der Waals surface area (Å²) < 4.78 is 0. The largest absolute Gasteiger partial charge is 0.358 e. The molecule has 4 N–H and O–H groups in total. The highest BCUT2D eigenvalue weighted by Gasteiger charge is 2.11. The van der Waals surface area contributed by atoms with Crippen LogP contribution < -0.4 is 16.4 Å². The van der Waals surface area contributed by atoms with Crippen LogP contribution in [0, 0.1) is 6.92 Å². The van der Waals surface area contributed by atoms with Gasteiger partial charge in [-0.2, -0.15) is 0 Å². The zero-order valence-electron chi connectivity index (χ0n) is 12.0. The van der Waals surface area contributed by atoms with Crippen molar-refractivity contribution in [1.82, 2.24) is 10.3 Å². The number of nitrogens with two attached hydrogens (primary N) is 1. The summed E-state index contributed by atoms with van der Waals surface area (Å²) in [4.78, 5) is 8.63. The minimum Gasteiger partial charge on any atom is -0.358 e. The standard InChI is InChI=1S/C15H21N5/c1-4-5-13(16)12-9-19-14(8-10(12)2)20-15-11(3)17-6-7-18-15/h6-9,13,17H,3-5,16H2,1-2H3,(H,18,19,20). The molecule has 0 radical (unpaired) electrons. The molecule has 106 valence electrons. The molecule has 1 aromatic rings. The Morgan fingerprint density at radius 2 is 2.30 bits per heavy atom. The van der Waals surface area contributed by atoms with Crippen molar-refractivity contribution in [2.45, 2.75) is 32.7 Å². The summed E-state index contributed by atoms with van der Waals surface area (Å²) in [6.07, 6.45) is 7.28. The van der Waals surface area contributed by atoms with E-state index in [1.807, 2.05) is 19.2 Å². The van der Waals surface area contributed by atoms with Crippen LogP contribution in [-0.4, -0.2) is 10.8 Å². The number of rotatable bonds is 4. The van der Waals surface area contributed by atoms with E-state index in [-0.39, 0.29) is 6.04 Å². The van der Waals surface area contributed by atoms with E-state index in [4.69, 9.17) is 5.73 Å². The molecular formula is C15H21N5. The zero-order valence-corrected chi connectivity index (χ0v) is 12.0. The van der Waals surface area contributed by atoms with Crippen LogP contribution in [0.1, 0.15) is 36.9 Å². The molecule has 0 spiro atoms. The number of pyridine rings is 1. The fourth-order valence-electron chi connectivity index (χ4n) is 2.11. The van der Waals surface area contributed by atoms with Crippen molar-refractivity contribution in [2.75, 3.05) is 5.32 Å². The third kappa shape index (κ3) is 3.24. The Labute approximate surface area is 119 Å². The van der Waals surface area contributed by atoms with Crippen molar-refractivity contribution in [3.8, 4) is 0 Å². The third-order valence-corrected chi connectivity index (χ3v) is 3.22. The number of nitrogens with one attached hydrogen (secondary N) is 2. The van der Waals surface area contributed by atoms with Crippen LogP contribution in [0.5, 0.6) is 0 Å². The predicted molar refractivity (Wildman–Crippen MR) is 83.3 cm³/mol. The first-order valence-electron chi connectivity index (χ1n) is 6.79. The Morgan fingerprint density at radius 3 is 2.95 bits per heavy atom. The average Bonchev–Trinajstić information content (AvgIpc) is 2.42. The van der Waals surface area contributed by atoms with Crippen molar-refractivity contribution in [3.63, 3.8) is 0 Å². The van der Waals surface area contributed by atoms with Crippen LogP contribution >= 0.6 is 0 Å². The molecule has 0 bridgehead atoms. The molecule has 5 heteroatoms. The quantitative estimate of drug-likeness (QED) is 0.786. The van der Waals surface area contributed by atoms with Crippen LogP contribution in [0.3, 0.4) is 0 Å². The monoisotopic (exact) mass is 271 g/mol. The minimum atomic E-state index is 0.0492. The number of anilines is 1. The normalized spacial score (nSPS) is 15.6. The van der Waals surface area contributed by atoms with Crippen molar-refractivity contribution in [1.29, 1.82) is 0 Å². The van der Waals surface area contributed by atoms with E-state index in [1.54, 1.807) is 12.4 Å². The van der Waals surface area contributed by atoms with Crippen LogP contribution in [0.15, 0.2) is 41.9 Å². The fraction of sp³-hybridized carbons (Fsp3) is 0.333. The number of aliphatic imine (C=N–C) groups is 1. The van der Waals surface area contributed by atoms with E-state index in [0.717, 1.165) is 35.5 Å². The molecule has 1 aromatic heterocycles. The van der Waals surface area contributed by atoms with Gasteiger partial charge < -0.3 is 16.4 Å². The summed E-state index contributed by atoms with van der Waals surface area (Å²) in [5.41, 5.74) is 9.10. The van der Waals surface area contributed by atoms with E-state index in [2.05, 4.69) is 34.1 Å². The Kier molecular flexibility index (Phi) is 4.53. The molecule has 0 saturated heterocycles. The summed E-state index contributed by atoms with van der Waals surface area (Å²) in [6.45, 7) is 8.06. The maximum atomic E-state index is 6.15. The number of hydrogen-bond donors (Lipinski definition) is 3. The van der Waals surface area contributed by atoms with Gasteiger partial charge in [-0.3, -0.25) is 0 Å². The Balaban J connectivity index is 2.15. The molecule has 20 heavy (non-hydrogen) atoms. The fourth-order valence-corrected chi connectivity index (χ4v) is 2.11. The van der Waals surface area contributed by atoms with E-state index >= 15 is 0 Å². The van der Waals surface area contributed by atoms with Gasteiger partial charge in [-0.05, 0) is 30.5 Å². The molecule has 1 aliphatic heterocycles. The number of aryl methyl sites for hydroxylation is 1. The second kappa shape index (κ2) is 6.34. The lowest BCUT2D eigenvalue weighted by Gasteiger charge is -2.17. The molecule has 1 unspecified atom stereocenters. The lowest BCUT2D eigenvalue weighted by molar-refractivity contribution is 0.633. The van der Waals surface area contributed by atoms with Gasteiger partial charge in [-0.1, -0.05) is 19.9 Å². The molecule has 0 aliphatic carbocycles. The first kappa shape index (κ1) is 14.3. The predicted octanol–water partition coefficient (Wildman–Crippen LogP) is 2.59. The van der Waals surface area contributed by atoms with Gasteiger partial charge in [0.15, 0.2) is 5.84 Å².